The van der Waals surface area contributed by atoms with Gasteiger partial charge in [0, 0.05) is 6.04 Å². The average Bonchev–Trinajstić information content (AvgIpc) is 3.07. The van der Waals surface area contributed by atoms with E-state index in [9.17, 15) is 9.59 Å². The Kier molecular flexibility index (Phi) is 5.06. The molecule has 0 spiro atoms. The van der Waals surface area contributed by atoms with Crippen molar-refractivity contribution in [3.63, 3.8) is 0 Å². The first kappa shape index (κ1) is 15.6. The summed E-state index contributed by atoms with van der Waals surface area (Å²) in [5, 5.41) is 3.91. The number of nitrogens with one attached hydrogen (secondary N) is 1. The topological polar surface area (TPSA) is 90.6 Å². The molecule has 2 rings (SSSR count). The predicted octanol–water partition coefficient (Wildman–Crippen LogP) is 2.65. The van der Waals surface area contributed by atoms with Crippen LogP contribution < -0.4 is 11.1 Å². The largest absolute Gasteiger partial charge is 0.465 e. The second-order valence-corrected chi connectivity index (χ2v) is 5.91. The second-order valence-electron chi connectivity index (χ2n) is 4.89. The van der Waals surface area contributed by atoms with Crippen LogP contribution in [0.2, 0.25) is 0 Å². The molecule has 0 amide bonds. The summed E-state index contributed by atoms with van der Waals surface area (Å²) in [5.41, 5.74) is 6.33. The third kappa shape index (κ3) is 3.29. The Bertz CT molecular complexity index is 535. The van der Waals surface area contributed by atoms with Crippen molar-refractivity contribution in [1.29, 1.82) is 0 Å². The van der Waals surface area contributed by atoms with E-state index in [1.807, 2.05) is 0 Å². The quantitative estimate of drug-likeness (QED) is 0.812. The molecule has 0 bridgehead atoms. The van der Waals surface area contributed by atoms with Gasteiger partial charge in [-0.25, -0.2) is 9.59 Å². The molecule has 1 heterocycles. The third-order valence-corrected chi connectivity index (χ3v) is 4.60. The maximum absolute atomic E-state index is 12.1. The average molecular weight is 312 g/mol. The highest BCUT2D eigenvalue weighted by molar-refractivity contribution is 7.19. The zero-order chi connectivity index (χ0) is 15.4. The predicted molar refractivity (Wildman–Crippen MR) is 81.9 cm³/mol. The number of nitrogens with two attached hydrogens (primary N) is 1. The number of ether oxygens (including phenoxy) is 2. The summed E-state index contributed by atoms with van der Waals surface area (Å²) in [5.74, 6) is -1.05. The van der Waals surface area contributed by atoms with Crippen molar-refractivity contribution >= 4 is 34.0 Å². The second kappa shape index (κ2) is 6.80. The van der Waals surface area contributed by atoms with Crippen molar-refractivity contribution < 1.29 is 19.1 Å². The van der Waals surface area contributed by atoms with Gasteiger partial charge in [-0.3, -0.25) is 0 Å². The molecule has 0 atom stereocenters. The first-order valence-corrected chi connectivity index (χ1v) is 7.84. The number of carbonyl (C=O) groups excluding carboxylic acids is 2. The van der Waals surface area contributed by atoms with Crippen molar-refractivity contribution in [3.8, 4) is 0 Å². The van der Waals surface area contributed by atoms with Gasteiger partial charge >= 0.3 is 11.9 Å². The van der Waals surface area contributed by atoms with E-state index < -0.39 is 11.9 Å². The van der Waals surface area contributed by atoms with E-state index in [4.69, 9.17) is 15.2 Å². The summed E-state index contributed by atoms with van der Waals surface area (Å²) in [6.07, 6.45) is 4.43. The van der Waals surface area contributed by atoms with Crippen molar-refractivity contribution in [2.75, 3.05) is 24.8 Å². The van der Waals surface area contributed by atoms with Gasteiger partial charge in [-0.15, -0.1) is 11.3 Å². The molecule has 0 aromatic carbocycles. The van der Waals surface area contributed by atoms with Gasteiger partial charge in [-0.2, -0.15) is 0 Å². The first-order valence-electron chi connectivity index (χ1n) is 7.02. The number of anilines is 2. The Morgan fingerprint density at radius 1 is 1.33 bits per heavy atom. The number of hydrogen-bond acceptors (Lipinski definition) is 7. The summed E-state index contributed by atoms with van der Waals surface area (Å²) < 4.78 is 9.74. The first-order chi connectivity index (χ1) is 10.1. The van der Waals surface area contributed by atoms with Crippen LogP contribution in [-0.2, 0) is 9.47 Å². The summed E-state index contributed by atoms with van der Waals surface area (Å²) >= 11 is 1.15. The molecule has 0 unspecified atom stereocenters. The molecule has 0 aliphatic heterocycles. The molecule has 1 fully saturated rings. The smallest absolute Gasteiger partial charge is 0.350 e. The SMILES string of the molecule is CCOC(=O)c1c(NC2CCCC2)sc(C(=O)OC)c1N. The normalized spacial score (nSPS) is 15.0. The highest BCUT2D eigenvalue weighted by atomic mass is 32.1. The molecule has 7 heteroatoms. The number of methoxy groups -OCH3 is 1. The van der Waals surface area contributed by atoms with E-state index in [0.717, 1.165) is 37.0 Å². The fraction of sp³-hybridized carbons (Fsp3) is 0.571. The number of rotatable bonds is 5. The van der Waals surface area contributed by atoms with Crippen LogP contribution in [-0.4, -0.2) is 31.7 Å². The van der Waals surface area contributed by atoms with Crippen LogP contribution in [0.5, 0.6) is 0 Å². The van der Waals surface area contributed by atoms with E-state index in [0.29, 0.717) is 11.0 Å². The van der Waals surface area contributed by atoms with E-state index >= 15 is 0 Å². The lowest BCUT2D eigenvalue weighted by Crippen LogP contribution is -2.17. The highest BCUT2D eigenvalue weighted by Crippen LogP contribution is 2.38. The van der Waals surface area contributed by atoms with Gasteiger partial charge < -0.3 is 20.5 Å². The van der Waals surface area contributed by atoms with Crippen LogP contribution in [0.15, 0.2) is 0 Å². The molecule has 1 aromatic rings. The van der Waals surface area contributed by atoms with Crippen molar-refractivity contribution in [2.24, 2.45) is 0 Å². The minimum Gasteiger partial charge on any atom is -0.465 e. The minimum atomic E-state index is -0.539. The third-order valence-electron chi connectivity index (χ3n) is 3.49. The van der Waals surface area contributed by atoms with Gasteiger partial charge in [0.15, 0.2) is 0 Å². The number of carbonyl (C=O) groups is 2. The molecule has 1 aliphatic carbocycles. The summed E-state index contributed by atoms with van der Waals surface area (Å²) in [6, 6.07) is 0.307. The molecule has 1 aliphatic rings. The standard InChI is InChI=1S/C14H20N2O4S/c1-3-20-13(17)9-10(15)11(14(18)19-2)21-12(9)16-8-6-4-5-7-8/h8,16H,3-7,15H2,1-2H3. The molecular weight excluding hydrogens is 292 g/mol. The Hall–Kier alpha value is -1.76. The molecular formula is C14H20N2O4S. The summed E-state index contributed by atoms with van der Waals surface area (Å²) in [4.78, 5) is 24.1. The van der Waals surface area contributed by atoms with E-state index in [1.54, 1.807) is 6.92 Å². The fourth-order valence-corrected chi connectivity index (χ4v) is 3.56. The Morgan fingerprint density at radius 3 is 2.57 bits per heavy atom. The molecule has 0 radical (unpaired) electrons. The minimum absolute atomic E-state index is 0.130. The van der Waals surface area contributed by atoms with Gasteiger partial charge in [0.1, 0.15) is 15.4 Å². The molecule has 1 aromatic heterocycles. The van der Waals surface area contributed by atoms with E-state index in [1.165, 1.54) is 7.11 Å². The van der Waals surface area contributed by atoms with Crippen LogP contribution in [0.4, 0.5) is 10.7 Å². The molecule has 6 nitrogen and oxygen atoms in total. The zero-order valence-electron chi connectivity index (χ0n) is 12.2. The molecule has 21 heavy (non-hydrogen) atoms. The highest BCUT2D eigenvalue weighted by Gasteiger charge is 2.28. The Balaban J connectivity index is 2.35. The van der Waals surface area contributed by atoms with Gasteiger partial charge in [0.25, 0.3) is 0 Å². The number of nitrogen functional groups attached to an aromatic ring is 1. The zero-order valence-corrected chi connectivity index (χ0v) is 13.0. The van der Waals surface area contributed by atoms with E-state index in [-0.39, 0.29) is 22.7 Å². The van der Waals surface area contributed by atoms with Crippen molar-refractivity contribution in [2.45, 2.75) is 38.6 Å². The lowest BCUT2D eigenvalue weighted by Gasteiger charge is -2.13. The summed E-state index contributed by atoms with van der Waals surface area (Å²) in [7, 11) is 1.29. The molecule has 3 N–H and O–H groups in total. The van der Waals surface area contributed by atoms with Crippen LogP contribution in [0.25, 0.3) is 0 Å². The number of hydrogen-bond donors (Lipinski definition) is 2. The molecule has 116 valence electrons. The molecule has 0 saturated heterocycles. The lowest BCUT2D eigenvalue weighted by atomic mass is 10.2. The van der Waals surface area contributed by atoms with Crippen LogP contribution in [0.1, 0.15) is 52.6 Å². The number of thiophene rings is 1. The number of esters is 2. The van der Waals surface area contributed by atoms with Gasteiger partial charge in [-0.05, 0) is 19.8 Å². The van der Waals surface area contributed by atoms with Crippen LogP contribution in [0.3, 0.4) is 0 Å². The van der Waals surface area contributed by atoms with Gasteiger partial charge in [-0.1, -0.05) is 12.8 Å². The van der Waals surface area contributed by atoms with Crippen LogP contribution >= 0.6 is 11.3 Å². The van der Waals surface area contributed by atoms with E-state index in [2.05, 4.69) is 5.32 Å². The maximum atomic E-state index is 12.1. The van der Waals surface area contributed by atoms with Crippen molar-refractivity contribution in [3.05, 3.63) is 10.4 Å². The fourth-order valence-electron chi connectivity index (χ4n) is 2.45. The van der Waals surface area contributed by atoms with Crippen LogP contribution in [0, 0.1) is 0 Å². The van der Waals surface area contributed by atoms with Gasteiger partial charge in [0.2, 0.25) is 0 Å². The Morgan fingerprint density at radius 2 is 2.00 bits per heavy atom. The monoisotopic (exact) mass is 312 g/mol. The molecule has 1 saturated carbocycles. The van der Waals surface area contributed by atoms with Gasteiger partial charge in [0.05, 0.1) is 19.4 Å². The maximum Gasteiger partial charge on any atom is 0.350 e. The van der Waals surface area contributed by atoms with Crippen molar-refractivity contribution in [1.82, 2.24) is 0 Å². The Labute approximate surface area is 127 Å². The summed E-state index contributed by atoms with van der Waals surface area (Å²) in [6.45, 7) is 1.98. The lowest BCUT2D eigenvalue weighted by molar-refractivity contribution is 0.0529.